The topological polar surface area (TPSA) is 73.3 Å². The minimum absolute atomic E-state index is 0.243. The Kier molecular flexibility index (Phi) is 8.26. The zero-order valence-electron chi connectivity index (χ0n) is 16.3. The molecule has 2 aromatic rings. The molecule has 0 spiro atoms. The van der Waals surface area contributed by atoms with Crippen LogP contribution in [0.2, 0.25) is 0 Å². The average molecular weight is 390 g/mol. The summed E-state index contributed by atoms with van der Waals surface area (Å²) in [5.74, 6) is 1.49. The van der Waals surface area contributed by atoms with Gasteiger partial charge in [-0.25, -0.2) is 0 Å². The quantitative estimate of drug-likeness (QED) is 0.586. The van der Waals surface area contributed by atoms with Crippen LogP contribution in [0.5, 0.6) is 11.5 Å². The first-order chi connectivity index (χ1) is 13.1. The van der Waals surface area contributed by atoms with Crippen molar-refractivity contribution in [1.29, 1.82) is 0 Å². The van der Waals surface area contributed by atoms with E-state index in [0.29, 0.717) is 29.2 Å². The van der Waals surface area contributed by atoms with E-state index in [1.165, 1.54) is 17.4 Å². The molecular formula is C20H27N3O3S. The summed E-state index contributed by atoms with van der Waals surface area (Å²) < 4.78 is 11.0. The first kappa shape index (κ1) is 20.9. The van der Waals surface area contributed by atoms with Gasteiger partial charge in [0.15, 0.2) is 11.5 Å². The van der Waals surface area contributed by atoms with Gasteiger partial charge in [-0.3, -0.25) is 10.1 Å². The second-order valence-corrected chi connectivity index (χ2v) is 7.05. The molecule has 2 rings (SSSR count). The summed E-state index contributed by atoms with van der Waals surface area (Å²) in [5, 5.41) is 12.5. The predicted molar refractivity (Wildman–Crippen MR) is 110 cm³/mol. The van der Waals surface area contributed by atoms with E-state index in [-0.39, 0.29) is 5.91 Å². The van der Waals surface area contributed by atoms with Crippen molar-refractivity contribution in [2.45, 2.75) is 46.0 Å². The Labute approximate surface area is 164 Å². The number of nitrogens with one attached hydrogen (secondary N) is 1. The molecule has 0 radical (unpaired) electrons. The zero-order valence-corrected chi connectivity index (χ0v) is 17.1. The van der Waals surface area contributed by atoms with Crippen LogP contribution < -0.4 is 14.8 Å². The molecule has 1 aromatic heterocycles. The number of ether oxygens (including phenoxy) is 2. The molecule has 0 atom stereocenters. The lowest BCUT2D eigenvalue weighted by atomic mass is 10.1. The van der Waals surface area contributed by atoms with Gasteiger partial charge in [-0.15, -0.1) is 10.2 Å². The van der Waals surface area contributed by atoms with Gasteiger partial charge in [-0.1, -0.05) is 38.2 Å². The number of methoxy groups -OCH3 is 1. The fourth-order valence-corrected chi connectivity index (χ4v) is 3.54. The lowest BCUT2D eigenvalue weighted by Crippen LogP contribution is -2.07. The first-order valence-electron chi connectivity index (χ1n) is 9.24. The van der Waals surface area contributed by atoms with Crippen molar-refractivity contribution in [3.8, 4) is 11.5 Å². The lowest BCUT2D eigenvalue weighted by molar-refractivity contribution is -0.111. The van der Waals surface area contributed by atoms with Gasteiger partial charge in [0.2, 0.25) is 11.0 Å². The fourth-order valence-electron chi connectivity index (χ4n) is 2.53. The molecule has 0 aliphatic rings. The zero-order chi connectivity index (χ0) is 19.6. The number of benzene rings is 1. The van der Waals surface area contributed by atoms with Gasteiger partial charge in [0.1, 0.15) is 5.01 Å². The van der Waals surface area contributed by atoms with E-state index in [2.05, 4.69) is 29.4 Å². The number of amides is 1. The van der Waals surface area contributed by atoms with Crippen LogP contribution in [0.4, 0.5) is 5.13 Å². The maximum Gasteiger partial charge on any atom is 0.250 e. The van der Waals surface area contributed by atoms with E-state index < -0.39 is 0 Å². The number of anilines is 1. The highest BCUT2D eigenvalue weighted by atomic mass is 32.1. The van der Waals surface area contributed by atoms with Gasteiger partial charge in [0.25, 0.3) is 0 Å². The smallest absolute Gasteiger partial charge is 0.250 e. The molecule has 6 nitrogen and oxygen atoms in total. The van der Waals surface area contributed by atoms with Crippen LogP contribution in [-0.2, 0) is 4.79 Å². The molecule has 0 bridgehead atoms. The number of carbonyl (C=O) groups excluding carboxylic acids is 1. The van der Waals surface area contributed by atoms with E-state index in [0.717, 1.165) is 29.8 Å². The Morgan fingerprint density at radius 3 is 2.67 bits per heavy atom. The standard InChI is InChI=1S/C20H27N3O3S/c1-5-12-26-16-10-8-14(13-17(16)25-4)9-11-18(24)21-20-23-22-19(27-20)15(6-2)7-3/h8-11,13,15H,5-7,12H2,1-4H3,(H,21,23,24)/b11-9+. The molecule has 27 heavy (non-hydrogen) atoms. The molecule has 1 heterocycles. The van der Waals surface area contributed by atoms with Gasteiger partial charge in [0, 0.05) is 12.0 Å². The highest BCUT2D eigenvalue weighted by Crippen LogP contribution is 2.29. The van der Waals surface area contributed by atoms with Crippen molar-refractivity contribution in [2.75, 3.05) is 19.0 Å². The van der Waals surface area contributed by atoms with Crippen LogP contribution >= 0.6 is 11.3 Å². The Morgan fingerprint density at radius 1 is 1.22 bits per heavy atom. The number of hydrogen-bond acceptors (Lipinski definition) is 6. The monoisotopic (exact) mass is 389 g/mol. The molecule has 146 valence electrons. The number of aromatic nitrogens is 2. The van der Waals surface area contributed by atoms with Gasteiger partial charge >= 0.3 is 0 Å². The van der Waals surface area contributed by atoms with Crippen LogP contribution in [0.15, 0.2) is 24.3 Å². The molecule has 7 heteroatoms. The van der Waals surface area contributed by atoms with Crippen LogP contribution in [0.1, 0.15) is 56.5 Å². The van der Waals surface area contributed by atoms with Gasteiger partial charge in [-0.2, -0.15) is 0 Å². The fraction of sp³-hybridized carbons (Fsp3) is 0.450. The van der Waals surface area contributed by atoms with Crippen molar-refractivity contribution in [3.63, 3.8) is 0 Å². The summed E-state index contributed by atoms with van der Waals surface area (Å²) in [5.41, 5.74) is 0.848. The molecule has 0 fully saturated rings. The van der Waals surface area contributed by atoms with Crippen LogP contribution in [-0.4, -0.2) is 29.8 Å². The van der Waals surface area contributed by atoms with Crippen molar-refractivity contribution >= 4 is 28.5 Å². The normalized spacial score (nSPS) is 11.1. The summed E-state index contributed by atoms with van der Waals surface area (Å²) in [6.45, 7) is 6.94. The summed E-state index contributed by atoms with van der Waals surface area (Å²) in [6, 6.07) is 5.57. The summed E-state index contributed by atoms with van der Waals surface area (Å²) in [4.78, 5) is 12.2. The number of rotatable bonds is 10. The van der Waals surface area contributed by atoms with Gasteiger partial charge in [0.05, 0.1) is 13.7 Å². The van der Waals surface area contributed by atoms with E-state index in [4.69, 9.17) is 9.47 Å². The maximum atomic E-state index is 12.2. The first-order valence-corrected chi connectivity index (χ1v) is 10.1. The van der Waals surface area contributed by atoms with Crippen LogP contribution in [0.25, 0.3) is 6.08 Å². The SMILES string of the molecule is CCCOc1ccc(/C=C/C(=O)Nc2nnc(C(CC)CC)s2)cc1OC. The minimum Gasteiger partial charge on any atom is -0.493 e. The third kappa shape index (κ3) is 6.06. The second-order valence-electron chi connectivity index (χ2n) is 6.04. The Bertz CT molecular complexity index is 770. The molecule has 0 saturated heterocycles. The molecule has 0 aliphatic heterocycles. The number of nitrogens with zero attached hydrogens (tertiary/aromatic N) is 2. The van der Waals surface area contributed by atoms with E-state index in [9.17, 15) is 4.79 Å². The third-order valence-electron chi connectivity index (χ3n) is 4.08. The minimum atomic E-state index is -0.243. The second kappa shape index (κ2) is 10.7. The molecule has 1 amide bonds. The van der Waals surface area contributed by atoms with E-state index in [1.807, 2.05) is 25.1 Å². The van der Waals surface area contributed by atoms with Crippen molar-refractivity contribution in [2.24, 2.45) is 0 Å². The predicted octanol–water partition coefficient (Wildman–Crippen LogP) is 4.89. The molecule has 0 aliphatic carbocycles. The maximum absolute atomic E-state index is 12.2. The largest absolute Gasteiger partial charge is 0.493 e. The number of carbonyl (C=O) groups is 1. The van der Waals surface area contributed by atoms with Crippen molar-refractivity contribution in [1.82, 2.24) is 10.2 Å². The van der Waals surface area contributed by atoms with Crippen LogP contribution in [0, 0.1) is 0 Å². The van der Waals surface area contributed by atoms with E-state index in [1.54, 1.807) is 13.2 Å². The van der Waals surface area contributed by atoms with Gasteiger partial charge in [-0.05, 0) is 43.0 Å². The molecule has 1 N–H and O–H groups in total. The number of hydrogen-bond donors (Lipinski definition) is 1. The Balaban J connectivity index is 2.00. The molecule has 1 aromatic carbocycles. The van der Waals surface area contributed by atoms with E-state index >= 15 is 0 Å². The Morgan fingerprint density at radius 2 is 2.00 bits per heavy atom. The summed E-state index contributed by atoms with van der Waals surface area (Å²) in [6.07, 6.45) is 6.15. The van der Waals surface area contributed by atoms with Crippen LogP contribution in [0.3, 0.4) is 0 Å². The highest BCUT2D eigenvalue weighted by molar-refractivity contribution is 7.15. The Hall–Kier alpha value is -2.41. The molecular weight excluding hydrogens is 362 g/mol. The van der Waals surface area contributed by atoms with Crippen molar-refractivity contribution < 1.29 is 14.3 Å². The molecule has 0 saturated carbocycles. The highest BCUT2D eigenvalue weighted by Gasteiger charge is 2.14. The van der Waals surface area contributed by atoms with Gasteiger partial charge < -0.3 is 9.47 Å². The summed E-state index contributed by atoms with van der Waals surface area (Å²) >= 11 is 1.43. The van der Waals surface area contributed by atoms with Crippen molar-refractivity contribution in [3.05, 3.63) is 34.8 Å². The third-order valence-corrected chi connectivity index (χ3v) is 5.08. The lowest BCUT2D eigenvalue weighted by Gasteiger charge is -2.10. The average Bonchev–Trinajstić information content (AvgIpc) is 3.14. The molecule has 0 unspecified atom stereocenters. The summed E-state index contributed by atoms with van der Waals surface area (Å²) in [7, 11) is 1.60.